The van der Waals surface area contributed by atoms with Crippen molar-refractivity contribution in [1.82, 2.24) is 10.3 Å². The largest absolute Gasteiger partial charge is 0.481 e. The van der Waals surface area contributed by atoms with Crippen LogP contribution in [-0.4, -0.2) is 22.2 Å². The maximum Gasteiger partial charge on any atom is 0.408 e. The number of pyridine rings is 1. The van der Waals surface area contributed by atoms with Gasteiger partial charge in [0.2, 0.25) is 0 Å². The van der Waals surface area contributed by atoms with Crippen molar-refractivity contribution in [3.05, 3.63) is 62.8 Å². The lowest BCUT2D eigenvalue weighted by Gasteiger charge is -2.18. The molecule has 0 aliphatic heterocycles. The molecule has 1 amide bonds. The van der Waals surface area contributed by atoms with Gasteiger partial charge in [-0.1, -0.05) is 30.3 Å². The number of rotatable bonds is 6. The molecule has 0 spiro atoms. The third-order valence-electron chi connectivity index (χ3n) is 3.05. The molecule has 0 saturated carbocycles. The third kappa shape index (κ3) is 5.61. The molecule has 0 fully saturated rings. The molecule has 1 aromatic heterocycles. The first-order valence-corrected chi connectivity index (χ1v) is 8.54. The number of hydrogen-bond acceptors (Lipinski definition) is 4. The predicted molar refractivity (Wildman–Crippen MR) is 94.4 cm³/mol. The van der Waals surface area contributed by atoms with E-state index in [1.54, 1.807) is 6.07 Å². The summed E-state index contributed by atoms with van der Waals surface area (Å²) in [5.74, 6) is -1.06. The smallest absolute Gasteiger partial charge is 0.408 e. The second kappa shape index (κ2) is 8.79. The highest BCUT2D eigenvalue weighted by atomic mass is 79.9. The van der Waals surface area contributed by atoms with Gasteiger partial charge in [0, 0.05) is 15.1 Å². The highest BCUT2D eigenvalue weighted by molar-refractivity contribution is 9.11. The fourth-order valence-electron chi connectivity index (χ4n) is 1.98. The number of carboxylic acids is 1. The number of carboxylic acid groups (broad SMARTS) is 1. The first-order chi connectivity index (χ1) is 11.5. The van der Waals surface area contributed by atoms with Gasteiger partial charge < -0.3 is 15.2 Å². The van der Waals surface area contributed by atoms with Crippen molar-refractivity contribution in [2.24, 2.45) is 0 Å². The maximum absolute atomic E-state index is 12.0. The normalized spacial score (nSPS) is 11.6. The molecule has 8 heteroatoms. The first-order valence-electron chi connectivity index (χ1n) is 6.95. The lowest BCUT2D eigenvalue weighted by Crippen LogP contribution is -2.31. The van der Waals surface area contributed by atoms with Crippen LogP contribution in [0.15, 0.2) is 51.5 Å². The van der Waals surface area contributed by atoms with E-state index in [-0.39, 0.29) is 13.0 Å². The van der Waals surface area contributed by atoms with Gasteiger partial charge in [-0.2, -0.15) is 0 Å². The number of nitrogens with zero attached hydrogens (tertiary/aromatic N) is 1. The van der Waals surface area contributed by atoms with E-state index in [0.717, 1.165) is 10.0 Å². The topological polar surface area (TPSA) is 88.5 Å². The number of benzene rings is 1. The van der Waals surface area contributed by atoms with Gasteiger partial charge in [-0.15, -0.1) is 0 Å². The minimum atomic E-state index is -1.06. The second-order valence-corrected chi connectivity index (χ2v) is 6.65. The molecule has 0 bridgehead atoms. The Morgan fingerprint density at radius 2 is 1.96 bits per heavy atom. The Hall–Kier alpha value is -1.93. The number of carbonyl (C=O) groups is 2. The van der Waals surface area contributed by atoms with Crippen molar-refractivity contribution in [1.29, 1.82) is 0 Å². The van der Waals surface area contributed by atoms with E-state index in [0.29, 0.717) is 10.2 Å². The van der Waals surface area contributed by atoms with Crippen LogP contribution in [-0.2, 0) is 16.1 Å². The molecule has 1 heterocycles. The van der Waals surface area contributed by atoms with E-state index in [2.05, 4.69) is 42.2 Å². The monoisotopic (exact) mass is 456 g/mol. The average Bonchev–Trinajstić information content (AvgIpc) is 2.53. The SMILES string of the molecule is O=C(O)C[C@H](NC(=O)OCc1ccccc1)c1ncc(Br)cc1Br. The molecule has 0 unspecified atom stereocenters. The van der Waals surface area contributed by atoms with Crippen LogP contribution in [0.5, 0.6) is 0 Å². The van der Waals surface area contributed by atoms with E-state index < -0.39 is 18.1 Å². The molecular formula is C16H14Br2N2O4. The number of aliphatic carboxylic acids is 1. The lowest BCUT2D eigenvalue weighted by atomic mass is 10.1. The van der Waals surface area contributed by atoms with Gasteiger partial charge in [-0.05, 0) is 43.5 Å². The van der Waals surface area contributed by atoms with Gasteiger partial charge in [-0.25, -0.2) is 4.79 Å². The molecular weight excluding hydrogens is 444 g/mol. The van der Waals surface area contributed by atoms with Crippen molar-refractivity contribution >= 4 is 43.9 Å². The maximum atomic E-state index is 12.0. The summed E-state index contributed by atoms with van der Waals surface area (Å²) in [7, 11) is 0. The zero-order valence-corrected chi connectivity index (χ0v) is 15.6. The number of ether oxygens (including phenoxy) is 1. The fourth-order valence-corrected chi connectivity index (χ4v) is 3.24. The molecule has 1 atom stereocenters. The Labute approximate surface area is 155 Å². The Bertz CT molecular complexity index is 725. The Morgan fingerprint density at radius 1 is 1.25 bits per heavy atom. The summed E-state index contributed by atoms with van der Waals surface area (Å²) in [6.45, 7) is 0.0986. The summed E-state index contributed by atoms with van der Waals surface area (Å²) in [6, 6.07) is 10.1. The lowest BCUT2D eigenvalue weighted by molar-refractivity contribution is -0.137. The summed E-state index contributed by atoms with van der Waals surface area (Å²) in [6.07, 6.45) is 0.515. The van der Waals surface area contributed by atoms with Crippen molar-refractivity contribution in [3.63, 3.8) is 0 Å². The molecule has 2 rings (SSSR count). The predicted octanol–water partition coefficient (Wildman–Crippen LogP) is 4.05. The highest BCUT2D eigenvalue weighted by Gasteiger charge is 2.22. The van der Waals surface area contributed by atoms with Gasteiger partial charge in [0.25, 0.3) is 0 Å². The van der Waals surface area contributed by atoms with Crippen molar-refractivity contribution in [3.8, 4) is 0 Å². The molecule has 1 aromatic carbocycles. The van der Waals surface area contributed by atoms with Gasteiger partial charge in [0.05, 0.1) is 18.2 Å². The standard InChI is InChI=1S/C16H14Br2N2O4/c17-11-6-12(18)15(19-8-11)13(7-14(21)22)20-16(23)24-9-10-4-2-1-3-5-10/h1-6,8,13H,7,9H2,(H,20,23)(H,21,22)/t13-/m0/s1. The quantitative estimate of drug-likeness (QED) is 0.683. The van der Waals surface area contributed by atoms with E-state index in [9.17, 15) is 9.59 Å². The molecule has 2 N–H and O–H groups in total. The minimum Gasteiger partial charge on any atom is -0.481 e. The zero-order chi connectivity index (χ0) is 17.5. The number of carbonyl (C=O) groups excluding carboxylic acids is 1. The molecule has 0 saturated heterocycles. The van der Waals surface area contributed by atoms with Crippen LogP contribution in [0, 0.1) is 0 Å². The number of halogens is 2. The third-order valence-corrected chi connectivity index (χ3v) is 4.12. The molecule has 6 nitrogen and oxygen atoms in total. The Kier molecular flexibility index (Phi) is 6.74. The van der Waals surface area contributed by atoms with Crippen LogP contribution >= 0.6 is 31.9 Å². The average molecular weight is 458 g/mol. The molecule has 126 valence electrons. The summed E-state index contributed by atoms with van der Waals surface area (Å²) >= 11 is 6.60. The second-order valence-electron chi connectivity index (χ2n) is 4.88. The molecule has 0 radical (unpaired) electrons. The Morgan fingerprint density at radius 3 is 2.58 bits per heavy atom. The van der Waals surface area contributed by atoms with Crippen LogP contribution in [0.25, 0.3) is 0 Å². The van der Waals surface area contributed by atoms with E-state index >= 15 is 0 Å². The fraction of sp³-hybridized carbons (Fsp3) is 0.188. The van der Waals surface area contributed by atoms with Crippen LogP contribution in [0.4, 0.5) is 4.79 Å². The number of alkyl carbamates (subject to hydrolysis) is 1. The summed E-state index contributed by atoms with van der Waals surface area (Å²) in [5, 5.41) is 11.6. The van der Waals surface area contributed by atoms with Gasteiger partial charge in [-0.3, -0.25) is 9.78 Å². The number of hydrogen-bond donors (Lipinski definition) is 2. The van der Waals surface area contributed by atoms with Crippen LogP contribution < -0.4 is 5.32 Å². The molecule has 0 aliphatic rings. The molecule has 0 aliphatic carbocycles. The number of aromatic nitrogens is 1. The first kappa shape index (κ1) is 18.4. The van der Waals surface area contributed by atoms with Gasteiger partial charge in [0.15, 0.2) is 0 Å². The number of nitrogens with one attached hydrogen (secondary N) is 1. The van der Waals surface area contributed by atoms with Gasteiger partial charge in [0.1, 0.15) is 6.61 Å². The van der Waals surface area contributed by atoms with Crippen molar-refractivity contribution in [2.75, 3.05) is 0 Å². The highest BCUT2D eigenvalue weighted by Crippen LogP contribution is 2.26. The summed E-state index contributed by atoms with van der Waals surface area (Å²) in [4.78, 5) is 27.2. The summed E-state index contributed by atoms with van der Waals surface area (Å²) in [5.41, 5.74) is 1.25. The Balaban J connectivity index is 2.05. The van der Waals surface area contributed by atoms with E-state index in [1.807, 2.05) is 30.3 Å². The van der Waals surface area contributed by atoms with E-state index in [1.165, 1.54) is 6.20 Å². The van der Waals surface area contributed by atoms with Crippen LogP contribution in [0.2, 0.25) is 0 Å². The van der Waals surface area contributed by atoms with E-state index in [4.69, 9.17) is 9.84 Å². The molecule has 24 heavy (non-hydrogen) atoms. The summed E-state index contributed by atoms with van der Waals surface area (Å²) < 4.78 is 6.45. The van der Waals surface area contributed by atoms with Crippen molar-refractivity contribution < 1.29 is 19.4 Å². The number of amides is 1. The van der Waals surface area contributed by atoms with Crippen LogP contribution in [0.3, 0.4) is 0 Å². The minimum absolute atomic E-state index is 0.0986. The van der Waals surface area contributed by atoms with Crippen molar-refractivity contribution in [2.45, 2.75) is 19.1 Å². The zero-order valence-electron chi connectivity index (χ0n) is 12.4. The van der Waals surface area contributed by atoms with Gasteiger partial charge >= 0.3 is 12.1 Å². The van der Waals surface area contributed by atoms with Crippen LogP contribution in [0.1, 0.15) is 23.7 Å². The molecule has 2 aromatic rings.